The van der Waals surface area contributed by atoms with Crippen molar-refractivity contribution < 1.29 is 4.52 Å². The normalized spacial score (nSPS) is 18.9. The molecule has 0 saturated carbocycles. The van der Waals surface area contributed by atoms with E-state index in [1.165, 1.54) is 0 Å². The number of hydrogen-bond donors (Lipinski definition) is 1. The van der Waals surface area contributed by atoms with Crippen LogP contribution < -0.4 is 5.32 Å². The smallest absolute Gasteiger partial charge is 0.231 e. The molecular formula is C13H14ClN3OS. The molecule has 0 radical (unpaired) electrons. The summed E-state index contributed by atoms with van der Waals surface area (Å²) in [7, 11) is 0. The molecule has 6 heteroatoms. The molecule has 1 aromatic heterocycles. The minimum atomic E-state index is 0.373. The Bertz CT molecular complexity index is 554. The standard InChI is InChI=1S/C13H14ClN3OS/c14-10-2-1-3-11(6-10)19-8-12-16-13(18-17-12)9-4-5-15-7-9/h1-3,6,9,15H,4-5,7-8H2. The molecule has 0 amide bonds. The van der Waals surface area contributed by atoms with Crippen molar-refractivity contribution in [3.05, 3.63) is 41.0 Å². The maximum absolute atomic E-state index is 5.95. The fourth-order valence-electron chi connectivity index (χ4n) is 2.06. The Balaban J connectivity index is 1.61. The second-order valence-electron chi connectivity index (χ2n) is 4.48. The van der Waals surface area contributed by atoms with E-state index in [0.29, 0.717) is 11.7 Å². The van der Waals surface area contributed by atoms with Gasteiger partial charge in [-0.25, -0.2) is 0 Å². The summed E-state index contributed by atoms with van der Waals surface area (Å²) in [5.74, 6) is 2.57. The summed E-state index contributed by atoms with van der Waals surface area (Å²) in [5.41, 5.74) is 0. The van der Waals surface area contributed by atoms with E-state index in [1.54, 1.807) is 11.8 Å². The van der Waals surface area contributed by atoms with Gasteiger partial charge in [0, 0.05) is 16.5 Å². The van der Waals surface area contributed by atoms with Gasteiger partial charge in [-0.2, -0.15) is 4.98 Å². The van der Waals surface area contributed by atoms with Gasteiger partial charge in [-0.05, 0) is 31.2 Å². The third-order valence-electron chi connectivity index (χ3n) is 3.06. The summed E-state index contributed by atoms with van der Waals surface area (Å²) in [5, 5.41) is 8.07. The van der Waals surface area contributed by atoms with Gasteiger partial charge in [-0.3, -0.25) is 0 Å². The molecule has 0 aliphatic carbocycles. The van der Waals surface area contributed by atoms with Gasteiger partial charge in [0.15, 0.2) is 5.82 Å². The Morgan fingerprint density at radius 2 is 2.42 bits per heavy atom. The van der Waals surface area contributed by atoms with Crippen LogP contribution in [-0.4, -0.2) is 23.2 Å². The van der Waals surface area contributed by atoms with E-state index in [1.807, 2.05) is 24.3 Å². The second-order valence-corrected chi connectivity index (χ2v) is 5.97. The lowest BCUT2D eigenvalue weighted by molar-refractivity contribution is 0.355. The number of benzene rings is 1. The van der Waals surface area contributed by atoms with E-state index in [2.05, 4.69) is 15.5 Å². The molecule has 19 heavy (non-hydrogen) atoms. The number of aromatic nitrogens is 2. The van der Waals surface area contributed by atoms with Gasteiger partial charge < -0.3 is 9.84 Å². The molecule has 4 nitrogen and oxygen atoms in total. The van der Waals surface area contributed by atoms with Gasteiger partial charge >= 0.3 is 0 Å². The highest BCUT2D eigenvalue weighted by molar-refractivity contribution is 7.98. The van der Waals surface area contributed by atoms with E-state index in [4.69, 9.17) is 16.1 Å². The van der Waals surface area contributed by atoms with Crippen LogP contribution in [0.4, 0.5) is 0 Å². The first-order chi connectivity index (χ1) is 9.31. The van der Waals surface area contributed by atoms with Crippen molar-refractivity contribution in [3.8, 4) is 0 Å². The van der Waals surface area contributed by atoms with Crippen LogP contribution in [-0.2, 0) is 5.75 Å². The molecule has 100 valence electrons. The summed E-state index contributed by atoms with van der Waals surface area (Å²) in [4.78, 5) is 5.57. The quantitative estimate of drug-likeness (QED) is 0.879. The van der Waals surface area contributed by atoms with Gasteiger partial charge in [0.1, 0.15) is 0 Å². The summed E-state index contributed by atoms with van der Waals surface area (Å²) in [6, 6.07) is 7.77. The van der Waals surface area contributed by atoms with Crippen LogP contribution in [0.25, 0.3) is 0 Å². The highest BCUT2D eigenvalue weighted by Gasteiger charge is 2.22. The monoisotopic (exact) mass is 295 g/mol. The van der Waals surface area contributed by atoms with Gasteiger partial charge in [-0.1, -0.05) is 22.8 Å². The average molecular weight is 296 g/mol. The Kier molecular flexibility index (Phi) is 4.06. The Morgan fingerprint density at radius 1 is 1.47 bits per heavy atom. The van der Waals surface area contributed by atoms with Crippen molar-refractivity contribution in [1.82, 2.24) is 15.5 Å². The minimum Gasteiger partial charge on any atom is -0.339 e. The fourth-order valence-corrected chi connectivity index (χ4v) is 3.12. The molecule has 1 unspecified atom stereocenters. The number of nitrogens with zero attached hydrogens (tertiary/aromatic N) is 2. The Morgan fingerprint density at radius 3 is 3.21 bits per heavy atom. The van der Waals surface area contributed by atoms with Crippen molar-refractivity contribution in [2.24, 2.45) is 0 Å². The van der Waals surface area contributed by atoms with E-state index < -0.39 is 0 Å². The molecule has 1 fully saturated rings. The largest absolute Gasteiger partial charge is 0.339 e. The molecule has 1 N–H and O–H groups in total. The van der Waals surface area contributed by atoms with E-state index in [-0.39, 0.29) is 0 Å². The number of halogens is 1. The summed E-state index contributed by atoms with van der Waals surface area (Å²) >= 11 is 7.61. The second kappa shape index (κ2) is 5.94. The number of rotatable bonds is 4. The molecule has 1 aliphatic heterocycles. The fraction of sp³-hybridized carbons (Fsp3) is 0.385. The molecule has 2 heterocycles. The zero-order valence-corrected chi connectivity index (χ0v) is 11.9. The number of nitrogens with one attached hydrogen (secondary N) is 1. The van der Waals surface area contributed by atoms with Crippen LogP contribution in [0.3, 0.4) is 0 Å². The lowest BCUT2D eigenvalue weighted by Crippen LogP contribution is -2.08. The van der Waals surface area contributed by atoms with Crippen molar-refractivity contribution in [2.75, 3.05) is 13.1 Å². The molecule has 1 saturated heterocycles. The maximum Gasteiger partial charge on any atom is 0.231 e. The van der Waals surface area contributed by atoms with E-state index >= 15 is 0 Å². The van der Waals surface area contributed by atoms with Crippen LogP contribution >= 0.6 is 23.4 Å². The van der Waals surface area contributed by atoms with Crippen molar-refractivity contribution in [1.29, 1.82) is 0 Å². The molecule has 2 aromatic rings. The maximum atomic E-state index is 5.95. The van der Waals surface area contributed by atoms with Crippen molar-refractivity contribution in [2.45, 2.75) is 23.0 Å². The third-order valence-corrected chi connectivity index (χ3v) is 4.28. The SMILES string of the molecule is Clc1cccc(SCc2noc(C3CCNC3)n2)c1. The first kappa shape index (κ1) is 13.0. The van der Waals surface area contributed by atoms with Gasteiger partial charge in [0.2, 0.25) is 5.89 Å². The van der Waals surface area contributed by atoms with Crippen LogP contribution in [0.5, 0.6) is 0 Å². The van der Waals surface area contributed by atoms with E-state index in [0.717, 1.165) is 41.1 Å². The zero-order valence-electron chi connectivity index (χ0n) is 10.3. The molecule has 0 bridgehead atoms. The average Bonchev–Trinajstić information content (AvgIpc) is 3.07. The molecule has 1 aliphatic rings. The summed E-state index contributed by atoms with van der Waals surface area (Å²) in [6.07, 6.45) is 1.07. The van der Waals surface area contributed by atoms with Crippen molar-refractivity contribution >= 4 is 23.4 Å². The predicted molar refractivity (Wildman–Crippen MR) is 75.5 cm³/mol. The predicted octanol–water partition coefficient (Wildman–Crippen LogP) is 3.09. The lowest BCUT2D eigenvalue weighted by atomic mass is 10.1. The van der Waals surface area contributed by atoms with Crippen LogP contribution in [0.1, 0.15) is 24.1 Å². The third kappa shape index (κ3) is 3.29. The summed E-state index contributed by atoms with van der Waals surface area (Å²) in [6.45, 7) is 1.96. The van der Waals surface area contributed by atoms with Gasteiger partial charge in [0.05, 0.1) is 11.7 Å². The molecule has 1 atom stereocenters. The Labute approximate surface area is 120 Å². The highest BCUT2D eigenvalue weighted by Crippen LogP contribution is 2.26. The highest BCUT2D eigenvalue weighted by atomic mass is 35.5. The molecular weight excluding hydrogens is 282 g/mol. The first-order valence-electron chi connectivity index (χ1n) is 6.23. The first-order valence-corrected chi connectivity index (χ1v) is 7.59. The molecule has 3 rings (SSSR count). The minimum absolute atomic E-state index is 0.373. The van der Waals surface area contributed by atoms with Gasteiger partial charge in [0.25, 0.3) is 0 Å². The Hall–Kier alpha value is -1.04. The lowest BCUT2D eigenvalue weighted by Gasteiger charge is -1.99. The van der Waals surface area contributed by atoms with Crippen LogP contribution in [0.2, 0.25) is 5.02 Å². The van der Waals surface area contributed by atoms with Crippen LogP contribution in [0.15, 0.2) is 33.7 Å². The number of thioether (sulfide) groups is 1. The van der Waals surface area contributed by atoms with E-state index in [9.17, 15) is 0 Å². The van der Waals surface area contributed by atoms with Crippen LogP contribution in [0, 0.1) is 0 Å². The summed E-state index contributed by atoms with van der Waals surface area (Å²) < 4.78 is 5.32. The number of hydrogen-bond acceptors (Lipinski definition) is 5. The zero-order chi connectivity index (χ0) is 13.1. The van der Waals surface area contributed by atoms with Crippen molar-refractivity contribution in [3.63, 3.8) is 0 Å². The van der Waals surface area contributed by atoms with Gasteiger partial charge in [-0.15, -0.1) is 11.8 Å². The molecule has 0 spiro atoms. The molecule has 1 aromatic carbocycles. The topological polar surface area (TPSA) is 51.0 Å².